The maximum atomic E-state index is 5.73. The van der Waals surface area contributed by atoms with E-state index in [1.807, 2.05) is 25.1 Å². The number of aryl methyl sites for hydroxylation is 1. The summed E-state index contributed by atoms with van der Waals surface area (Å²) in [6.07, 6.45) is 2.16. The summed E-state index contributed by atoms with van der Waals surface area (Å²) < 4.78 is 11.0. The molecule has 0 saturated carbocycles. The Bertz CT molecular complexity index is 352. The highest BCUT2D eigenvalue weighted by Crippen LogP contribution is 2.27. The van der Waals surface area contributed by atoms with Gasteiger partial charge in [-0.15, -0.1) is 0 Å². The molecular weight excluding hydrogens is 226 g/mol. The number of nitrogens with one attached hydrogen (secondary N) is 1. The molecule has 0 radical (unpaired) electrons. The average molecular weight is 251 g/mol. The Labute approximate surface area is 110 Å². The number of hydrogen-bond acceptors (Lipinski definition) is 3. The normalized spacial score (nSPS) is 12.2. The number of benzene rings is 1. The van der Waals surface area contributed by atoms with E-state index in [2.05, 4.69) is 19.2 Å². The van der Waals surface area contributed by atoms with E-state index in [0.29, 0.717) is 12.6 Å². The Hall–Kier alpha value is -1.22. The second-order valence-corrected chi connectivity index (χ2v) is 4.62. The van der Waals surface area contributed by atoms with Gasteiger partial charge < -0.3 is 14.8 Å². The number of hydrogen-bond donors (Lipinski definition) is 1. The quantitative estimate of drug-likeness (QED) is 0.720. The lowest BCUT2D eigenvalue weighted by Crippen LogP contribution is -2.27. The maximum absolute atomic E-state index is 5.73. The second kappa shape index (κ2) is 7.98. The van der Waals surface area contributed by atoms with Gasteiger partial charge in [-0.25, -0.2) is 0 Å². The van der Waals surface area contributed by atoms with Crippen molar-refractivity contribution in [3.8, 4) is 11.5 Å². The van der Waals surface area contributed by atoms with Gasteiger partial charge in [-0.3, -0.25) is 0 Å². The molecule has 0 spiro atoms. The van der Waals surface area contributed by atoms with Crippen LogP contribution in [0.1, 0.15) is 32.3 Å². The Morgan fingerprint density at radius 3 is 2.72 bits per heavy atom. The summed E-state index contributed by atoms with van der Waals surface area (Å²) in [5.41, 5.74) is 1.18. The molecule has 0 aliphatic carbocycles. The fraction of sp³-hybridized carbons (Fsp3) is 0.600. The van der Waals surface area contributed by atoms with E-state index in [4.69, 9.17) is 9.47 Å². The summed E-state index contributed by atoms with van der Waals surface area (Å²) in [5.74, 6) is 1.64. The Kier molecular flexibility index (Phi) is 6.58. The first kappa shape index (κ1) is 14.8. The molecular formula is C15H25NO2. The zero-order valence-electron chi connectivity index (χ0n) is 12.0. The minimum atomic E-state index is 0.582. The van der Waals surface area contributed by atoms with E-state index in [0.717, 1.165) is 30.9 Å². The van der Waals surface area contributed by atoms with Crippen LogP contribution in [-0.4, -0.2) is 26.3 Å². The van der Waals surface area contributed by atoms with Gasteiger partial charge in [0.15, 0.2) is 11.5 Å². The molecule has 1 N–H and O–H groups in total. The van der Waals surface area contributed by atoms with Crippen LogP contribution >= 0.6 is 0 Å². The zero-order chi connectivity index (χ0) is 13.4. The monoisotopic (exact) mass is 251 g/mol. The van der Waals surface area contributed by atoms with Gasteiger partial charge in [-0.2, -0.15) is 0 Å². The van der Waals surface area contributed by atoms with Crippen LogP contribution in [0.4, 0.5) is 0 Å². The third-order valence-electron chi connectivity index (χ3n) is 3.00. The first-order valence-electron chi connectivity index (χ1n) is 6.68. The van der Waals surface area contributed by atoms with E-state index in [1.54, 1.807) is 7.11 Å². The first-order valence-corrected chi connectivity index (χ1v) is 6.68. The van der Waals surface area contributed by atoms with Crippen LogP contribution in [0.3, 0.4) is 0 Å². The summed E-state index contributed by atoms with van der Waals surface area (Å²) in [5, 5.41) is 3.45. The first-order chi connectivity index (χ1) is 8.67. The molecule has 0 aliphatic rings. The standard InChI is InChI=1S/C15H25NO2/c1-5-13(3)16-9-6-10-18-14-8-7-12(2)11-15(14)17-4/h7-8,11,13,16H,5-6,9-10H2,1-4H3/t13-/m0/s1. The Morgan fingerprint density at radius 2 is 2.06 bits per heavy atom. The van der Waals surface area contributed by atoms with Crippen LogP contribution in [0.15, 0.2) is 18.2 Å². The highest BCUT2D eigenvalue weighted by Gasteiger charge is 2.04. The van der Waals surface area contributed by atoms with Crippen LogP contribution in [0, 0.1) is 6.92 Å². The Morgan fingerprint density at radius 1 is 1.28 bits per heavy atom. The van der Waals surface area contributed by atoms with Gasteiger partial charge in [0.1, 0.15) is 0 Å². The molecule has 0 unspecified atom stereocenters. The molecule has 1 aromatic carbocycles. The van der Waals surface area contributed by atoms with E-state index >= 15 is 0 Å². The van der Waals surface area contributed by atoms with E-state index in [-0.39, 0.29) is 0 Å². The minimum absolute atomic E-state index is 0.582. The van der Waals surface area contributed by atoms with Gasteiger partial charge in [-0.05, 0) is 50.9 Å². The molecule has 0 aromatic heterocycles. The molecule has 3 heteroatoms. The molecule has 1 aromatic rings. The van der Waals surface area contributed by atoms with Gasteiger partial charge in [0.05, 0.1) is 13.7 Å². The summed E-state index contributed by atoms with van der Waals surface area (Å²) in [6.45, 7) is 8.13. The third kappa shape index (κ3) is 4.96. The summed E-state index contributed by atoms with van der Waals surface area (Å²) in [6, 6.07) is 6.58. The SMILES string of the molecule is CC[C@H](C)NCCCOc1ccc(C)cc1OC. The molecule has 102 valence electrons. The number of rotatable bonds is 8. The summed E-state index contributed by atoms with van der Waals surface area (Å²) in [7, 11) is 1.67. The van der Waals surface area contributed by atoms with Gasteiger partial charge in [0, 0.05) is 6.04 Å². The largest absolute Gasteiger partial charge is 0.493 e. The van der Waals surface area contributed by atoms with Crippen molar-refractivity contribution in [2.45, 2.75) is 39.7 Å². The van der Waals surface area contributed by atoms with Crippen LogP contribution in [0.2, 0.25) is 0 Å². The average Bonchev–Trinajstić information content (AvgIpc) is 2.39. The van der Waals surface area contributed by atoms with Crippen molar-refractivity contribution in [3.63, 3.8) is 0 Å². The van der Waals surface area contributed by atoms with Crippen molar-refractivity contribution in [3.05, 3.63) is 23.8 Å². The van der Waals surface area contributed by atoms with Gasteiger partial charge in [-0.1, -0.05) is 13.0 Å². The highest BCUT2D eigenvalue weighted by atomic mass is 16.5. The summed E-state index contributed by atoms with van der Waals surface area (Å²) >= 11 is 0. The van der Waals surface area contributed by atoms with Crippen molar-refractivity contribution in [1.82, 2.24) is 5.32 Å². The zero-order valence-corrected chi connectivity index (χ0v) is 12.0. The molecule has 0 heterocycles. The highest BCUT2D eigenvalue weighted by molar-refractivity contribution is 5.42. The molecule has 1 rings (SSSR count). The molecule has 0 fully saturated rings. The topological polar surface area (TPSA) is 30.5 Å². The second-order valence-electron chi connectivity index (χ2n) is 4.62. The number of methoxy groups -OCH3 is 1. The molecule has 18 heavy (non-hydrogen) atoms. The molecule has 0 bridgehead atoms. The van der Waals surface area contributed by atoms with Crippen molar-refractivity contribution < 1.29 is 9.47 Å². The molecule has 1 atom stereocenters. The van der Waals surface area contributed by atoms with Crippen LogP contribution < -0.4 is 14.8 Å². The molecule has 3 nitrogen and oxygen atoms in total. The smallest absolute Gasteiger partial charge is 0.161 e. The van der Waals surface area contributed by atoms with Crippen LogP contribution in [-0.2, 0) is 0 Å². The lowest BCUT2D eigenvalue weighted by molar-refractivity contribution is 0.285. The fourth-order valence-corrected chi connectivity index (χ4v) is 1.64. The van der Waals surface area contributed by atoms with Gasteiger partial charge in [0.2, 0.25) is 0 Å². The fourth-order valence-electron chi connectivity index (χ4n) is 1.64. The van der Waals surface area contributed by atoms with E-state index in [9.17, 15) is 0 Å². The van der Waals surface area contributed by atoms with E-state index in [1.165, 1.54) is 5.56 Å². The predicted octanol–water partition coefficient (Wildman–Crippen LogP) is 3.16. The van der Waals surface area contributed by atoms with Crippen LogP contribution in [0.5, 0.6) is 11.5 Å². The van der Waals surface area contributed by atoms with Gasteiger partial charge >= 0.3 is 0 Å². The Balaban J connectivity index is 2.31. The van der Waals surface area contributed by atoms with Crippen molar-refractivity contribution in [2.75, 3.05) is 20.3 Å². The lowest BCUT2D eigenvalue weighted by atomic mass is 10.2. The predicted molar refractivity (Wildman–Crippen MR) is 75.6 cm³/mol. The molecule has 0 saturated heterocycles. The van der Waals surface area contributed by atoms with E-state index < -0.39 is 0 Å². The number of ether oxygens (including phenoxy) is 2. The molecule has 0 aliphatic heterocycles. The molecule has 0 amide bonds. The third-order valence-corrected chi connectivity index (χ3v) is 3.00. The minimum Gasteiger partial charge on any atom is -0.493 e. The van der Waals surface area contributed by atoms with Gasteiger partial charge in [0.25, 0.3) is 0 Å². The maximum Gasteiger partial charge on any atom is 0.161 e. The van der Waals surface area contributed by atoms with Crippen molar-refractivity contribution in [1.29, 1.82) is 0 Å². The van der Waals surface area contributed by atoms with Crippen LogP contribution in [0.25, 0.3) is 0 Å². The summed E-state index contributed by atoms with van der Waals surface area (Å²) in [4.78, 5) is 0. The van der Waals surface area contributed by atoms with Crippen molar-refractivity contribution >= 4 is 0 Å². The lowest BCUT2D eigenvalue weighted by Gasteiger charge is -2.13. The van der Waals surface area contributed by atoms with Crippen molar-refractivity contribution in [2.24, 2.45) is 0 Å².